The second kappa shape index (κ2) is 26.0. The monoisotopic (exact) mass is 1130 g/mol. The van der Waals surface area contributed by atoms with Gasteiger partial charge in [-0.15, -0.1) is 0 Å². The molecule has 0 radical (unpaired) electrons. The van der Waals surface area contributed by atoms with Gasteiger partial charge in [0.05, 0.1) is 58.3 Å². The van der Waals surface area contributed by atoms with E-state index in [1.807, 2.05) is 0 Å². The summed E-state index contributed by atoms with van der Waals surface area (Å²) < 4.78 is 80.4. The van der Waals surface area contributed by atoms with E-state index in [1.54, 1.807) is 0 Å². The predicted molar refractivity (Wildman–Crippen MR) is 232 cm³/mol. The quantitative estimate of drug-likeness (QED) is 0.113. The van der Waals surface area contributed by atoms with Crippen LogP contribution < -0.4 is 11.5 Å². The van der Waals surface area contributed by atoms with Gasteiger partial charge in [-0.25, -0.2) is 0 Å². The molecule has 0 aromatic heterocycles. The van der Waals surface area contributed by atoms with Crippen molar-refractivity contribution in [2.45, 2.75) is 215 Å². The van der Waals surface area contributed by atoms with Crippen LogP contribution in [0.2, 0.25) is 0 Å². The first-order valence-electron chi connectivity index (χ1n) is 24.8. The van der Waals surface area contributed by atoms with Gasteiger partial charge in [0.2, 0.25) is 0 Å². The normalized spacial score (nSPS) is 55.4. The molecule has 0 aromatic rings. The zero-order valence-corrected chi connectivity index (χ0v) is 40.5. The van der Waals surface area contributed by atoms with Crippen LogP contribution >= 0.6 is 0 Å². The molecule has 77 heavy (non-hydrogen) atoms. The first kappa shape index (κ1) is 61.7. The van der Waals surface area contributed by atoms with Gasteiger partial charge in [-0.05, 0) is 0 Å². The molecule has 0 saturated carbocycles. The van der Waals surface area contributed by atoms with Crippen LogP contribution in [0.5, 0.6) is 0 Å². The van der Waals surface area contributed by atoms with Crippen molar-refractivity contribution in [3.63, 3.8) is 0 Å². The van der Waals surface area contributed by atoms with Crippen molar-refractivity contribution in [3.8, 4) is 0 Å². The Hall–Kier alpha value is -1.40. The fraction of sp³-hybridized carbons (Fsp3) is 1.00. The summed E-state index contributed by atoms with van der Waals surface area (Å²) in [6.07, 6.45) is -63.2. The molecule has 14 bridgehead atoms. The largest absolute Gasteiger partial charge is 0.394 e. The lowest BCUT2D eigenvalue weighted by Crippen LogP contribution is -2.70. The highest BCUT2D eigenvalue weighted by atomic mass is 16.8. The van der Waals surface area contributed by atoms with E-state index in [9.17, 15) is 97.0 Å². The van der Waals surface area contributed by atoms with Crippen LogP contribution in [0.15, 0.2) is 0 Å². The number of ether oxygens (including phenoxy) is 14. The fourth-order valence-electron chi connectivity index (χ4n) is 10.5. The highest BCUT2D eigenvalue weighted by molar-refractivity contribution is 5.02. The van der Waals surface area contributed by atoms with Crippen LogP contribution in [0.3, 0.4) is 0 Å². The van der Waals surface area contributed by atoms with E-state index in [0.717, 1.165) is 0 Å². The summed E-state index contributed by atoms with van der Waals surface area (Å²) in [6.45, 7) is -6.97. The Labute approximate surface area is 435 Å². The molecule has 35 heteroatoms. The molecular formula is C42H72N2O33. The van der Waals surface area contributed by atoms with E-state index >= 15 is 0 Å². The molecule has 21 rings (SSSR count). The Morgan fingerprint density at radius 1 is 0.195 bits per heavy atom. The van der Waals surface area contributed by atoms with E-state index in [0.29, 0.717) is 0 Å². The Kier molecular flexibility index (Phi) is 20.8. The van der Waals surface area contributed by atoms with Crippen LogP contribution in [0, 0.1) is 0 Å². The zero-order valence-electron chi connectivity index (χ0n) is 40.5. The minimum absolute atomic E-state index is 0.955. The second-order valence-corrected chi connectivity index (χ2v) is 19.8. The van der Waals surface area contributed by atoms with Crippen LogP contribution in [0.1, 0.15) is 0 Å². The van der Waals surface area contributed by atoms with Crippen molar-refractivity contribution < 1.29 is 163 Å². The minimum Gasteiger partial charge on any atom is -0.394 e. The Bertz CT molecular complexity index is 1480. The summed E-state index contributed by atoms with van der Waals surface area (Å²) in [5.41, 5.74) is 12.7. The van der Waals surface area contributed by atoms with E-state index in [-0.39, 0.29) is 0 Å². The molecule has 21 aliphatic heterocycles. The van der Waals surface area contributed by atoms with Crippen molar-refractivity contribution in [3.05, 3.63) is 0 Å². The minimum atomic E-state index is -2.19. The van der Waals surface area contributed by atoms with Crippen LogP contribution in [0.4, 0.5) is 0 Å². The Balaban J connectivity index is 1.08. The molecule has 21 aliphatic rings. The average molecular weight is 1130 g/mol. The Morgan fingerprint density at radius 3 is 0.506 bits per heavy atom. The maximum atomic E-state index is 11.4. The summed E-state index contributed by atoms with van der Waals surface area (Å²) in [5, 5.41) is 209. The van der Waals surface area contributed by atoms with Crippen molar-refractivity contribution in [1.82, 2.24) is 0 Å². The van der Waals surface area contributed by atoms with Gasteiger partial charge in [0, 0.05) is 0 Å². The van der Waals surface area contributed by atoms with Gasteiger partial charge < -0.3 is 175 Å². The summed E-state index contributed by atoms with van der Waals surface area (Å²) >= 11 is 0. The van der Waals surface area contributed by atoms with E-state index in [4.69, 9.17) is 77.8 Å². The third-order valence-corrected chi connectivity index (χ3v) is 15.0. The highest BCUT2D eigenvalue weighted by Gasteiger charge is 2.59. The van der Waals surface area contributed by atoms with Crippen molar-refractivity contribution >= 4 is 0 Å². The number of hydrogen-bond donors (Lipinski definition) is 21. The van der Waals surface area contributed by atoms with E-state index in [2.05, 4.69) is 0 Å². The molecule has 0 unspecified atom stereocenters. The molecular weight excluding hydrogens is 1060 g/mol. The summed E-state index contributed by atoms with van der Waals surface area (Å²) in [5.74, 6) is 0. The lowest BCUT2D eigenvalue weighted by Gasteiger charge is -2.50. The van der Waals surface area contributed by atoms with Gasteiger partial charge in [-0.1, -0.05) is 0 Å². The molecule has 35 nitrogen and oxygen atoms in total. The van der Waals surface area contributed by atoms with Gasteiger partial charge in [0.15, 0.2) is 44.0 Å². The summed E-state index contributed by atoms with van der Waals surface area (Å²) in [6, 6.07) is -3.30. The third-order valence-electron chi connectivity index (χ3n) is 15.0. The van der Waals surface area contributed by atoms with Crippen molar-refractivity contribution in [1.29, 1.82) is 0 Å². The lowest BCUT2D eigenvalue weighted by molar-refractivity contribution is -0.394. The maximum Gasteiger partial charge on any atom is 0.187 e. The summed E-state index contributed by atoms with van der Waals surface area (Å²) in [4.78, 5) is 0. The molecule has 0 aromatic carbocycles. The molecule has 21 saturated heterocycles. The molecule has 0 amide bonds. The first-order chi connectivity index (χ1) is 36.7. The van der Waals surface area contributed by atoms with Gasteiger partial charge in [0.25, 0.3) is 0 Å². The summed E-state index contributed by atoms with van der Waals surface area (Å²) in [7, 11) is 0. The number of nitrogens with two attached hydrogens (primary N) is 2. The number of aliphatic hydroxyl groups is 19. The molecule has 23 N–H and O–H groups in total. The van der Waals surface area contributed by atoms with Gasteiger partial charge in [-0.2, -0.15) is 0 Å². The molecule has 0 aliphatic carbocycles. The zero-order chi connectivity index (χ0) is 56.1. The van der Waals surface area contributed by atoms with Crippen molar-refractivity contribution in [2.75, 3.05) is 46.2 Å². The van der Waals surface area contributed by atoms with E-state index in [1.165, 1.54) is 0 Å². The molecule has 448 valence electrons. The molecule has 0 spiro atoms. The maximum absolute atomic E-state index is 11.4. The SMILES string of the molecule is N[C@@H]1[C@@H](O)[C@H]2O[C@H]3[C@H](O)[C@@H](O)[C@@H](O[C@H]4[C@H](O)[C@@H](O)[C@@H](O[C@H]5[C@H](O)[C@@H](O)[C@@H](O[C@H]6[C@H](O)[C@@H](O)[C@@H](O[C@H]7[C@H](N)[C@@H](O)[C@@H](O[C@H]8[C@H](O)[C@@H](O)[C@@H](O[C@@H]1[C@@H](CO)O2)O[C@@H]8CO)O[C@@H]7CO)O[C@@H]6CO)O[C@@H]5CO)O[C@@H]4CO)O[C@@H]3CO. The van der Waals surface area contributed by atoms with Crippen LogP contribution in [-0.4, -0.2) is 358 Å². The predicted octanol–water partition coefficient (Wildman–Crippen LogP) is -15.3. The van der Waals surface area contributed by atoms with Crippen LogP contribution in [0.25, 0.3) is 0 Å². The fourth-order valence-corrected chi connectivity index (χ4v) is 10.5. The third kappa shape index (κ3) is 12.1. The van der Waals surface area contributed by atoms with Gasteiger partial charge >= 0.3 is 0 Å². The smallest absolute Gasteiger partial charge is 0.187 e. The highest BCUT2D eigenvalue weighted by Crippen LogP contribution is 2.38. The average Bonchev–Trinajstić information content (AvgIpc) is 3.45. The number of rotatable bonds is 7. The standard InChI is InChI=1S/C42H72N2O33/c43-15-17(52)36-64-9(2-46)30(15)72-39-25(60)20(55)33(12(5-49)67-39)75-41-27(62)22(57)35(14(7-51)69-41)77-42-28(63)23(58)34(13(6-50)70-42)76-40-26(61)21(56)32(11(4-48)68-40)74-37-18(53)16(44)29(8(1-45)65-37)71-38-24(59)19(54)31(73-36)10(3-47)66-38/h8-42,45-63H,1-7,43-44H2/t8-,9-,10-,11-,12-,13-,14-,15-,16-,17-,18-,19-,20-,21-,22-,23-,24-,25-,26-,27-,28-,29-,30-,31-,32-,33-,34-,35-,36-,37-,38-,39-,40-,41-,42-/m1/s1. The van der Waals surface area contributed by atoms with Gasteiger partial charge in [0.1, 0.15) is 159 Å². The van der Waals surface area contributed by atoms with Gasteiger partial charge in [-0.3, -0.25) is 0 Å². The second-order valence-electron chi connectivity index (χ2n) is 19.8. The van der Waals surface area contributed by atoms with E-state index < -0.39 is 261 Å². The lowest BCUT2D eigenvalue weighted by atomic mass is 9.94. The number of hydrogen-bond acceptors (Lipinski definition) is 35. The topological polar surface area (TPSA) is 566 Å². The first-order valence-corrected chi connectivity index (χ1v) is 24.8. The number of aliphatic hydroxyl groups excluding tert-OH is 19. The Morgan fingerprint density at radius 2 is 0.338 bits per heavy atom. The van der Waals surface area contributed by atoms with Crippen LogP contribution in [-0.2, 0) is 66.3 Å². The molecule has 35 atom stereocenters. The molecule has 21 fully saturated rings. The van der Waals surface area contributed by atoms with Crippen molar-refractivity contribution in [2.24, 2.45) is 11.5 Å². The molecule has 21 heterocycles.